The van der Waals surface area contributed by atoms with E-state index < -0.39 is 12.1 Å². The van der Waals surface area contributed by atoms with Gasteiger partial charge in [0.15, 0.2) is 5.75 Å². The van der Waals surface area contributed by atoms with Crippen LogP contribution in [0, 0.1) is 0 Å². The summed E-state index contributed by atoms with van der Waals surface area (Å²) in [4.78, 5) is 46.2. The van der Waals surface area contributed by atoms with Crippen molar-refractivity contribution in [1.29, 1.82) is 0 Å². The van der Waals surface area contributed by atoms with Crippen LogP contribution in [0.4, 0.5) is 5.69 Å². The third kappa shape index (κ3) is 6.14. The van der Waals surface area contributed by atoms with Crippen LogP contribution >= 0.6 is 15.9 Å². The van der Waals surface area contributed by atoms with Gasteiger partial charge in [-0.3, -0.25) is 19.3 Å². The highest BCUT2D eigenvalue weighted by Gasteiger charge is 2.36. The van der Waals surface area contributed by atoms with Crippen molar-refractivity contribution in [2.24, 2.45) is 0 Å². The molecule has 42 heavy (non-hydrogen) atoms. The van der Waals surface area contributed by atoms with Gasteiger partial charge >= 0.3 is 0 Å². The minimum Gasteiger partial charge on any atom is -0.488 e. The first-order valence-electron chi connectivity index (χ1n) is 14.2. The number of anilines is 1. The summed E-state index contributed by atoms with van der Waals surface area (Å²) >= 11 is 3.63. The maximum Gasteiger partial charge on any atom is 0.257 e. The van der Waals surface area contributed by atoms with Gasteiger partial charge in [0.05, 0.1) is 30.4 Å². The normalized spacial score (nSPS) is 18.3. The molecular weight excluding hydrogens is 602 g/mol. The highest BCUT2D eigenvalue weighted by molar-refractivity contribution is 9.10. The van der Waals surface area contributed by atoms with Gasteiger partial charge in [0, 0.05) is 37.2 Å². The van der Waals surface area contributed by atoms with Gasteiger partial charge in [0.25, 0.3) is 11.8 Å². The number of carbonyl (C=O) groups excluding carboxylic acids is 3. The van der Waals surface area contributed by atoms with Crippen LogP contribution in [0.3, 0.4) is 0 Å². The van der Waals surface area contributed by atoms with Crippen molar-refractivity contribution < 1.29 is 24.2 Å². The van der Waals surface area contributed by atoms with Gasteiger partial charge in [0.1, 0.15) is 12.6 Å². The minimum atomic E-state index is -0.951. The molecule has 3 amide bonds. The fourth-order valence-corrected chi connectivity index (χ4v) is 5.89. The lowest BCUT2D eigenvalue weighted by Gasteiger charge is -2.34. The molecule has 11 heteroatoms. The number of para-hydroxylation sites is 1. The number of carbonyl (C=O) groups is 3. The van der Waals surface area contributed by atoms with E-state index >= 15 is 0 Å². The molecule has 3 aromatic rings. The molecule has 0 saturated carbocycles. The van der Waals surface area contributed by atoms with E-state index in [0.29, 0.717) is 49.7 Å². The number of nitrogens with zero attached hydrogens (tertiary/aromatic N) is 3. The average molecular weight is 639 g/mol. The fourth-order valence-electron chi connectivity index (χ4n) is 5.42. The zero-order valence-electron chi connectivity index (χ0n) is 23.8. The van der Waals surface area contributed by atoms with Gasteiger partial charge in [-0.15, -0.1) is 0 Å². The van der Waals surface area contributed by atoms with Crippen molar-refractivity contribution in [3.63, 3.8) is 0 Å². The zero-order valence-corrected chi connectivity index (χ0v) is 25.4. The maximum atomic E-state index is 14.1. The lowest BCUT2D eigenvalue weighted by molar-refractivity contribution is -0.129. The Morgan fingerprint density at radius 1 is 1.05 bits per heavy atom. The molecule has 1 fully saturated rings. The van der Waals surface area contributed by atoms with Gasteiger partial charge in [-0.2, -0.15) is 0 Å². The number of likely N-dealkylation sites (N-methyl/N-ethyl adjacent to an activating group) is 1. The van der Waals surface area contributed by atoms with Crippen LogP contribution in [-0.2, 0) is 16.1 Å². The summed E-state index contributed by atoms with van der Waals surface area (Å²) in [7, 11) is 1.68. The summed E-state index contributed by atoms with van der Waals surface area (Å²) in [6, 6.07) is 15.7. The van der Waals surface area contributed by atoms with Gasteiger partial charge in [-0.1, -0.05) is 52.3 Å². The summed E-state index contributed by atoms with van der Waals surface area (Å²) in [6.45, 7) is 4.86. The Morgan fingerprint density at radius 3 is 2.50 bits per heavy atom. The molecule has 0 unspecified atom stereocenters. The molecule has 2 aliphatic heterocycles. The predicted octanol–water partition coefficient (Wildman–Crippen LogP) is 2.37. The Labute approximate surface area is 253 Å². The third-order valence-corrected chi connectivity index (χ3v) is 8.67. The number of β-amino-alcohol motifs (C(OH)–C–C–N with tert-alkyl or cyclic N) is 1. The smallest absolute Gasteiger partial charge is 0.257 e. The van der Waals surface area contributed by atoms with Crippen molar-refractivity contribution >= 4 is 50.1 Å². The van der Waals surface area contributed by atoms with Crippen LogP contribution in [0.5, 0.6) is 5.75 Å². The lowest BCUT2D eigenvalue weighted by Crippen LogP contribution is -2.53. The largest absolute Gasteiger partial charge is 0.488 e. The second-order valence-electron chi connectivity index (χ2n) is 10.6. The van der Waals surface area contributed by atoms with E-state index in [2.05, 4.69) is 31.5 Å². The number of piperazine rings is 1. The second kappa shape index (κ2) is 13.2. The molecule has 0 spiro atoms. The van der Waals surface area contributed by atoms with E-state index in [9.17, 15) is 19.5 Å². The SMILES string of the molecule is CN[C@@H](C)C(=O)N[C@H]1COc2c(C(=O)N3CCN(CCO)CC3)cccc2N(Cc2ccc(Br)c3ccccc23)C1=O. The quantitative estimate of drug-likeness (QED) is 0.347. The minimum absolute atomic E-state index is 0.0797. The number of aliphatic hydroxyl groups excluding tert-OH is 1. The van der Waals surface area contributed by atoms with Crippen molar-refractivity contribution in [1.82, 2.24) is 20.4 Å². The van der Waals surface area contributed by atoms with Crippen molar-refractivity contribution in [3.05, 3.63) is 70.2 Å². The Bertz CT molecular complexity index is 1480. The summed E-state index contributed by atoms with van der Waals surface area (Å²) < 4.78 is 7.18. The van der Waals surface area contributed by atoms with Crippen LogP contribution in [0.2, 0.25) is 0 Å². The number of hydrogen-bond acceptors (Lipinski definition) is 7. The zero-order chi connectivity index (χ0) is 29.8. The van der Waals surface area contributed by atoms with E-state index in [1.165, 1.54) is 0 Å². The molecule has 0 bridgehead atoms. The van der Waals surface area contributed by atoms with E-state index in [4.69, 9.17) is 4.74 Å². The predicted molar refractivity (Wildman–Crippen MR) is 165 cm³/mol. The maximum absolute atomic E-state index is 14.1. The van der Waals surface area contributed by atoms with Crippen molar-refractivity contribution in [3.8, 4) is 5.75 Å². The molecule has 2 heterocycles. The first-order chi connectivity index (χ1) is 20.3. The van der Waals surface area contributed by atoms with E-state index in [0.717, 1.165) is 20.8 Å². The lowest BCUT2D eigenvalue weighted by atomic mass is 10.0. The van der Waals surface area contributed by atoms with Crippen LogP contribution < -0.4 is 20.3 Å². The molecule has 0 aliphatic carbocycles. The monoisotopic (exact) mass is 637 g/mol. The number of benzene rings is 3. The number of aliphatic hydroxyl groups is 1. The fraction of sp³-hybridized carbons (Fsp3) is 0.387. The highest BCUT2D eigenvalue weighted by Crippen LogP contribution is 2.38. The average Bonchev–Trinajstić information content (AvgIpc) is 3.14. The summed E-state index contributed by atoms with van der Waals surface area (Å²) in [5.41, 5.74) is 1.77. The third-order valence-electron chi connectivity index (χ3n) is 7.98. The molecule has 222 valence electrons. The topological polar surface area (TPSA) is 114 Å². The van der Waals surface area contributed by atoms with Gasteiger partial charge in [-0.05, 0) is 48.5 Å². The molecule has 0 aromatic heterocycles. The van der Waals surface area contributed by atoms with Crippen LogP contribution in [0.15, 0.2) is 59.1 Å². The standard InChI is InChI=1S/C31H36BrN5O5/c1-20(33-2)29(39)34-26-19-42-28-24(30(40)36-14-12-35(13-15-36)16-17-38)8-5-9-27(28)37(31(26)41)18-21-10-11-25(32)23-7-4-3-6-22(21)23/h3-11,20,26,33,38H,12-19H2,1-2H3,(H,34,39)/t20-,26-/m0/s1. The summed E-state index contributed by atoms with van der Waals surface area (Å²) in [5.74, 6) is -0.493. The molecule has 10 nitrogen and oxygen atoms in total. The van der Waals surface area contributed by atoms with Crippen LogP contribution in [0.25, 0.3) is 10.8 Å². The number of nitrogens with one attached hydrogen (secondary N) is 2. The number of amides is 3. The molecule has 0 radical (unpaired) electrons. The Hall–Kier alpha value is -3.51. The first kappa shape index (κ1) is 30.0. The highest BCUT2D eigenvalue weighted by atomic mass is 79.9. The molecule has 3 aromatic carbocycles. The molecule has 3 N–H and O–H groups in total. The Kier molecular flexibility index (Phi) is 9.42. The van der Waals surface area contributed by atoms with E-state index in [1.54, 1.807) is 42.0 Å². The number of fused-ring (bicyclic) bond motifs is 2. The van der Waals surface area contributed by atoms with Gasteiger partial charge in [0.2, 0.25) is 5.91 Å². The number of ether oxygens (including phenoxy) is 1. The van der Waals surface area contributed by atoms with E-state index in [-0.39, 0.29) is 37.5 Å². The molecule has 2 aliphatic rings. The number of hydrogen-bond donors (Lipinski definition) is 3. The van der Waals surface area contributed by atoms with Gasteiger partial charge < -0.3 is 30.3 Å². The van der Waals surface area contributed by atoms with E-state index in [1.807, 2.05) is 36.4 Å². The summed E-state index contributed by atoms with van der Waals surface area (Å²) in [6.07, 6.45) is 0. The van der Waals surface area contributed by atoms with Crippen LogP contribution in [-0.4, -0.2) is 97.7 Å². The number of halogens is 1. The second-order valence-corrected chi connectivity index (χ2v) is 11.4. The van der Waals surface area contributed by atoms with Crippen molar-refractivity contribution in [2.45, 2.75) is 25.6 Å². The Balaban J connectivity index is 1.52. The van der Waals surface area contributed by atoms with Crippen molar-refractivity contribution in [2.75, 3.05) is 57.9 Å². The molecule has 1 saturated heterocycles. The molecular formula is C31H36BrN5O5. The Morgan fingerprint density at radius 2 is 1.79 bits per heavy atom. The molecule has 5 rings (SSSR count). The molecule has 2 atom stereocenters. The number of rotatable bonds is 8. The van der Waals surface area contributed by atoms with Crippen LogP contribution in [0.1, 0.15) is 22.8 Å². The van der Waals surface area contributed by atoms with Gasteiger partial charge in [-0.25, -0.2) is 0 Å². The summed E-state index contributed by atoms with van der Waals surface area (Å²) in [5, 5.41) is 17.0. The first-order valence-corrected chi connectivity index (χ1v) is 14.9.